The van der Waals surface area contributed by atoms with Gasteiger partial charge in [0, 0.05) is 25.5 Å². The van der Waals surface area contributed by atoms with E-state index in [-0.39, 0.29) is 0 Å². The minimum atomic E-state index is 0.293. The van der Waals surface area contributed by atoms with Crippen LogP contribution >= 0.6 is 15.9 Å². The van der Waals surface area contributed by atoms with E-state index < -0.39 is 0 Å². The van der Waals surface area contributed by atoms with E-state index in [0.29, 0.717) is 6.10 Å². The highest BCUT2D eigenvalue weighted by Gasteiger charge is 2.17. The Hall–Kier alpha value is -1.05. The fourth-order valence-corrected chi connectivity index (χ4v) is 2.79. The second-order valence-electron chi connectivity index (χ2n) is 4.97. The Morgan fingerprint density at radius 1 is 1.47 bits per heavy atom. The van der Waals surface area contributed by atoms with Gasteiger partial charge in [0.25, 0.3) is 0 Å². The van der Waals surface area contributed by atoms with Gasteiger partial charge in [-0.15, -0.1) is 0 Å². The van der Waals surface area contributed by atoms with E-state index in [1.807, 2.05) is 19.2 Å². The third-order valence-electron chi connectivity index (χ3n) is 3.50. The predicted octanol–water partition coefficient (Wildman–Crippen LogP) is 3.46. The van der Waals surface area contributed by atoms with Crippen molar-refractivity contribution in [3.63, 3.8) is 0 Å². The maximum atomic E-state index is 9.27. The number of nitriles is 1. The van der Waals surface area contributed by atoms with Gasteiger partial charge in [0.15, 0.2) is 0 Å². The van der Waals surface area contributed by atoms with Crippen LogP contribution in [0.4, 0.5) is 5.69 Å². The van der Waals surface area contributed by atoms with Crippen LogP contribution in [0, 0.1) is 11.3 Å². The quantitative estimate of drug-likeness (QED) is 0.796. The lowest BCUT2D eigenvalue weighted by atomic mass is 10.1. The van der Waals surface area contributed by atoms with E-state index in [0.717, 1.165) is 41.7 Å². The SMILES string of the molecule is CN(CC1CCCCO1)c1ccc(CBr)cc1C#N. The molecule has 0 radical (unpaired) electrons. The first kappa shape index (κ1) is 14.4. The van der Waals surface area contributed by atoms with Crippen molar-refractivity contribution in [1.82, 2.24) is 0 Å². The van der Waals surface area contributed by atoms with Crippen molar-refractivity contribution in [3.8, 4) is 6.07 Å². The first-order valence-corrected chi connectivity index (χ1v) is 7.78. The molecule has 1 aliphatic rings. The van der Waals surface area contributed by atoms with E-state index >= 15 is 0 Å². The van der Waals surface area contributed by atoms with E-state index in [1.54, 1.807) is 0 Å². The Balaban J connectivity index is 2.09. The summed E-state index contributed by atoms with van der Waals surface area (Å²) in [7, 11) is 2.03. The van der Waals surface area contributed by atoms with Gasteiger partial charge in [0.2, 0.25) is 0 Å². The zero-order valence-corrected chi connectivity index (χ0v) is 12.8. The second-order valence-corrected chi connectivity index (χ2v) is 5.53. The van der Waals surface area contributed by atoms with Crippen molar-refractivity contribution < 1.29 is 4.74 Å². The molecular weight excluding hydrogens is 304 g/mol. The monoisotopic (exact) mass is 322 g/mol. The molecule has 19 heavy (non-hydrogen) atoms. The Morgan fingerprint density at radius 3 is 2.95 bits per heavy atom. The van der Waals surface area contributed by atoms with E-state index in [4.69, 9.17) is 4.74 Å². The summed E-state index contributed by atoms with van der Waals surface area (Å²) in [5, 5.41) is 10.0. The topological polar surface area (TPSA) is 36.3 Å². The fraction of sp³-hybridized carbons (Fsp3) is 0.533. The molecule has 0 spiro atoms. The van der Waals surface area contributed by atoms with Crippen LogP contribution < -0.4 is 4.90 Å². The van der Waals surface area contributed by atoms with Crippen LogP contribution in [0.25, 0.3) is 0 Å². The molecule has 2 rings (SSSR count). The molecule has 4 heteroatoms. The standard InChI is InChI=1S/C15H19BrN2O/c1-18(11-14-4-2-3-7-19-14)15-6-5-12(9-16)8-13(15)10-17/h5-6,8,14H,2-4,7,9,11H2,1H3. The van der Waals surface area contributed by atoms with Gasteiger partial charge in [0.1, 0.15) is 6.07 Å². The van der Waals surface area contributed by atoms with Crippen LogP contribution in [-0.4, -0.2) is 26.3 Å². The van der Waals surface area contributed by atoms with Gasteiger partial charge in [-0.25, -0.2) is 0 Å². The van der Waals surface area contributed by atoms with Gasteiger partial charge < -0.3 is 9.64 Å². The predicted molar refractivity (Wildman–Crippen MR) is 80.6 cm³/mol. The summed E-state index contributed by atoms with van der Waals surface area (Å²) in [5.41, 5.74) is 2.85. The zero-order valence-electron chi connectivity index (χ0n) is 11.2. The molecule has 1 fully saturated rings. The number of anilines is 1. The highest BCUT2D eigenvalue weighted by molar-refractivity contribution is 9.08. The number of hydrogen-bond acceptors (Lipinski definition) is 3. The number of alkyl halides is 1. The van der Waals surface area contributed by atoms with Crippen LogP contribution in [-0.2, 0) is 10.1 Å². The number of benzene rings is 1. The van der Waals surface area contributed by atoms with Crippen LogP contribution in [0.1, 0.15) is 30.4 Å². The summed E-state index contributed by atoms with van der Waals surface area (Å²) in [6.45, 7) is 1.72. The maximum Gasteiger partial charge on any atom is 0.101 e. The van der Waals surface area contributed by atoms with Gasteiger partial charge in [-0.05, 0) is 37.0 Å². The number of ether oxygens (including phenoxy) is 1. The Kier molecular flexibility index (Phi) is 5.24. The lowest BCUT2D eigenvalue weighted by molar-refractivity contribution is 0.0216. The number of halogens is 1. The molecule has 0 aliphatic carbocycles. The molecule has 1 aromatic rings. The first-order chi connectivity index (χ1) is 9.24. The minimum Gasteiger partial charge on any atom is -0.376 e. The summed E-state index contributed by atoms with van der Waals surface area (Å²) in [5.74, 6) is 0. The van der Waals surface area contributed by atoms with Gasteiger partial charge >= 0.3 is 0 Å². The van der Waals surface area contributed by atoms with Crippen molar-refractivity contribution in [1.29, 1.82) is 5.26 Å². The molecular formula is C15H19BrN2O. The third-order valence-corrected chi connectivity index (χ3v) is 4.15. The maximum absolute atomic E-state index is 9.27. The molecule has 1 heterocycles. The molecule has 1 atom stereocenters. The number of hydrogen-bond donors (Lipinski definition) is 0. The summed E-state index contributed by atoms with van der Waals surface area (Å²) in [6.07, 6.45) is 3.82. The lowest BCUT2D eigenvalue weighted by Crippen LogP contribution is -2.33. The van der Waals surface area contributed by atoms with E-state index in [9.17, 15) is 5.26 Å². The van der Waals surface area contributed by atoms with Crippen LogP contribution in [0.15, 0.2) is 18.2 Å². The summed E-state index contributed by atoms with van der Waals surface area (Å²) in [6, 6.07) is 8.32. The van der Waals surface area contributed by atoms with Crippen molar-refractivity contribution in [2.75, 3.05) is 25.1 Å². The van der Waals surface area contributed by atoms with Crippen LogP contribution in [0.5, 0.6) is 0 Å². The molecule has 0 amide bonds. The average Bonchev–Trinajstić information content (AvgIpc) is 2.47. The fourth-order valence-electron chi connectivity index (χ4n) is 2.44. The summed E-state index contributed by atoms with van der Waals surface area (Å²) in [4.78, 5) is 2.13. The van der Waals surface area contributed by atoms with Crippen molar-refractivity contribution in [2.45, 2.75) is 30.7 Å². The van der Waals surface area contributed by atoms with Crippen molar-refractivity contribution in [2.24, 2.45) is 0 Å². The Morgan fingerprint density at radius 2 is 2.32 bits per heavy atom. The van der Waals surface area contributed by atoms with Crippen LogP contribution in [0.2, 0.25) is 0 Å². The molecule has 0 saturated carbocycles. The van der Waals surface area contributed by atoms with Gasteiger partial charge in [0.05, 0.1) is 17.4 Å². The number of nitrogens with zero attached hydrogens (tertiary/aromatic N) is 2. The van der Waals surface area contributed by atoms with E-state index in [1.165, 1.54) is 12.8 Å². The molecule has 1 aromatic carbocycles. The lowest BCUT2D eigenvalue weighted by Gasteiger charge is -2.29. The van der Waals surface area contributed by atoms with Crippen LogP contribution in [0.3, 0.4) is 0 Å². The minimum absolute atomic E-state index is 0.293. The van der Waals surface area contributed by atoms with Crippen molar-refractivity contribution >= 4 is 21.6 Å². The van der Waals surface area contributed by atoms with Crippen molar-refractivity contribution in [3.05, 3.63) is 29.3 Å². The highest BCUT2D eigenvalue weighted by atomic mass is 79.9. The molecule has 0 aromatic heterocycles. The number of likely N-dealkylation sites (N-methyl/N-ethyl adjacent to an activating group) is 1. The highest BCUT2D eigenvalue weighted by Crippen LogP contribution is 2.23. The zero-order chi connectivity index (χ0) is 13.7. The molecule has 1 aliphatic heterocycles. The second kappa shape index (κ2) is 6.93. The summed E-state index contributed by atoms with van der Waals surface area (Å²) < 4.78 is 5.76. The molecule has 1 saturated heterocycles. The molecule has 0 N–H and O–H groups in total. The molecule has 1 unspecified atom stereocenters. The Labute approximate surface area is 123 Å². The Bertz CT molecular complexity index is 464. The smallest absolute Gasteiger partial charge is 0.101 e. The first-order valence-electron chi connectivity index (χ1n) is 6.66. The average molecular weight is 323 g/mol. The largest absolute Gasteiger partial charge is 0.376 e. The summed E-state index contributed by atoms with van der Waals surface area (Å²) >= 11 is 3.42. The third kappa shape index (κ3) is 3.71. The van der Waals surface area contributed by atoms with Gasteiger partial charge in [-0.1, -0.05) is 22.0 Å². The van der Waals surface area contributed by atoms with E-state index in [2.05, 4.69) is 33.0 Å². The normalized spacial score (nSPS) is 18.9. The molecule has 102 valence electrons. The van der Waals surface area contributed by atoms with Gasteiger partial charge in [-0.3, -0.25) is 0 Å². The number of rotatable bonds is 4. The molecule has 0 bridgehead atoms. The van der Waals surface area contributed by atoms with Gasteiger partial charge in [-0.2, -0.15) is 5.26 Å². The molecule has 3 nitrogen and oxygen atoms in total.